The number of rotatable bonds is 6. The molecule has 4 heteroatoms. The maximum atomic E-state index is 5.81. The Morgan fingerprint density at radius 3 is 2.33 bits per heavy atom. The van der Waals surface area contributed by atoms with Gasteiger partial charge in [-0.25, -0.2) is 4.98 Å². The SMILES string of the molecule is CCC(CC)(CC)Nc1nccc(C)c1C(N)=S. The zero-order valence-corrected chi connectivity index (χ0v) is 12.5. The molecular weight excluding hydrogens is 242 g/mol. The first-order chi connectivity index (χ1) is 8.49. The molecule has 0 aliphatic heterocycles. The minimum absolute atomic E-state index is 0.0698. The van der Waals surface area contributed by atoms with Gasteiger partial charge in [0, 0.05) is 11.7 Å². The summed E-state index contributed by atoms with van der Waals surface area (Å²) in [5.74, 6) is 0.813. The van der Waals surface area contributed by atoms with Gasteiger partial charge in [-0.2, -0.15) is 0 Å². The molecule has 0 atom stereocenters. The number of aryl methyl sites for hydroxylation is 1. The van der Waals surface area contributed by atoms with Crippen molar-refractivity contribution in [2.24, 2.45) is 5.73 Å². The molecule has 3 N–H and O–H groups in total. The van der Waals surface area contributed by atoms with Crippen molar-refractivity contribution in [1.29, 1.82) is 0 Å². The Hall–Kier alpha value is -1.16. The number of nitrogens with zero attached hydrogens (tertiary/aromatic N) is 1. The maximum Gasteiger partial charge on any atom is 0.136 e. The Labute approximate surface area is 115 Å². The molecule has 0 bridgehead atoms. The zero-order valence-electron chi connectivity index (χ0n) is 11.7. The van der Waals surface area contributed by atoms with Crippen LogP contribution in [-0.4, -0.2) is 15.5 Å². The van der Waals surface area contributed by atoms with Crippen LogP contribution in [0.2, 0.25) is 0 Å². The number of hydrogen-bond acceptors (Lipinski definition) is 3. The van der Waals surface area contributed by atoms with Crippen molar-refractivity contribution < 1.29 is 0 Å². The summed E-state index contributed by atoms with van der Waals surface area (Å²) in [5, 5.41) is 3.55. The lowest BCUT2D eigenvalue weighted by atomic mass is 9.89. The monoisotopic (exact) mass is 265 g/mol. The molecule has 1 heterocycles. The number of nitrogens with one attached hydrogen (secondary N) is 1. The van der Waals surface area contributed by atoms with Crippen LogP contribution in [0.4, 0.5) is 5.82 Å². The molecule has 0 aliphatic rings. The van der Waals surface area contributed by atoms with E-state index in [2.05, 4.69) is 31.1 Å². The molecular formula is C14H23N3S. The normalized spacial score (nSPS) is 11.3. The van der Waals surface area contributed by atoms with E-state index in [1.165, 1.54) is 0 Å². The van der Waals surface area contributed by atoms with Crippen LogP contribution in [0.1, 0.15) is 51.2 Å². The Morgan fingerprint density at radius 2 is 1.89 bits per heavy atom. The van der Waals surface area contributed by atoms with Crippen molar-refractivity contribution in [2.45, 2.75) is 52.5 Å². The Kier molecular flexibility index (Phi) is 5.08. The van der Waals surface area contributed by atoms with Crippen LogP contribution in [0.3, 0.4) is 0 Å². The Bertz CT molecular complexity index is 417. The van der Waals surface area contributed by atoms with Crippen molar-refractivity contribution in [3.63, 3.8) is 0 Å². The minimum Gasteiger partial charge on any atom is -0.389 e. The van der Waals surface area contributed by atoms with Crippen molar-refractivity contribution in [3.05, 3.63) is 23.4 Å². The van der Waals surface area contributed by atoms with Gasteiger partial charge >= 0.3 is 0 Å². The Morgan fingerprint density at radius 1 is 1.33 bits per heavy atom. The first-order valence-electron chi connectivity index (χ1n) is 6.53. The fourth-order valence-electron chi connectivity index (χ4n) is 2.23. The Balaban J connectivity index is 3.18. The molecule has 0 spiro atoms. The second kappa shape index (κ2) is 6.14. The van der Waals surface area contributed by atoms with E-state index in [-0.39, 0.29) is 5.54 Å². The topological polar surface area (TPSA) is 50.9 Å². The number of thiocarbonyl (C=S) groups is 1. The van der Waals surface area contributed by atoms with Crippen LogP contribution in [0.25, 0.3) is 0 Å². The average molecular weight is 265 g/mol. The molecule has 0 saturated carbocycles. The third kappa shape index (κ3) is 2.99. The fraction of sp³-hybridized carbons (Fsp3) is 0.571. The smallest absolute Gasteiger partial charge is 0.136 e. The van der Waals surface area contributed by atoms with E-state index in [1.807, 2.05) is 13.0 Å². The fourth-order valence-corrected chi connectivity index (χ4v) is 2.49. The molecule has 0 aliphatic carbocycles. The molecule has 18 heavy (non-hydrogen) atoms. The average Bonchev–Trinajstić information content (AvgIpc) is 2.35. The third-order valence-electron chi connectivity index (χ3n) is 3.82. The molecule has 0 fully saturated rings. The second-order valence-corrected chi connectivity index (χ2v) is 5.12. The van der Waals surface area contributed by atoms with Gasteiger partial charge in [0.05, 0.1) is 5.56 Å². The number of pyridine rings is 1. The van der Waals surface area contributed by atoms with Gasteiger partial charge in [0.2, 0.25) is 0 Å². The summed E-state index contributed by atoms with van der Waals surface area (Å²) in [6.07, 6.45) is 4.94. The molecule has 1 rings (SSSR count). The molecule has 0 aromatic carbocycles. The van der Waals surface area contributed by atoms with Gasteiger partial charge in [0.15, 0.2) is 0 Å². The van der Waals surface area contributed by atoms with E-state index in [9.17, 15) is 0 Å². The number of nitrogens with two attached hydrogens (primary N) is 1. The van der Waals surface area contributed by atoms with Crippen LogP contribution in [-0.2, 0) is 0 Å². The molecule has 100 valence electrons. The highest BCUT2D eigenvalue weighted by Gasteiger charge is 2.25. The summed E-state index contributed by atoms with van der Waals surface area (Å²) < 4.78 is 0. The second-order valence-electron chi connectivity index (χ2n) is 4.68. The van der Waals surface area contributed by atoms with Gasteiger partial charge in [0.25, 0.3) is 0 Å². The number of anilines is 1. The lowest BCUT2D eigenvalue weighted by Crippen LogP contribution is -2.37. The van der Waals surface area contributed by atoms with Crippen LogP contribution < -0.4 is 11.1 Å². The predicted octanol–water partition coefficient (Wildman–Crippen LogP) is 3.40. The van der Waals surface area contributed by atoms with Gasteiger partial charge in [-0.1, -0.05) is 33.0 Å². The maximum absolute atomic E-state index is 5.81. The molecule has 1 aromatic heterocycles. The summed E-state index contributed by atoms with van der Waals surface area (Å²) in [6, 6.07) is 1.94. The summed E-state index contributed by atoms with van der Waals surface area (Å²) in [6.45, 7) is 8.58. The van der Waals surface area contributed by atoms with Gasteiger partial charge in [-0.3, -0.25) is 0 Å². The van der Waals surface area contributed by atoms with E-state index in [0.717, 1.165) is 36.2 Å². The molecule has 0 amide bonds. The highest BCUT2D eigenvalue weighted by molar-refractivity contribution is 7.80. The van der Waals surface area contributed by atoms with Crippen LogP contribution in [0, 0.1) is 6.92 Å². The zero-order chi connectivity index (χ0) is 13.8. The molecule has 3 nitrogen and oxygen atoms in total. The van der Waals surface area contributed by atoms with Gasteiger partial charge in [0.1, 0.15) is 10.8 Å². The van der Waals surface area contributed by atoms with E-state index in [1.54, 1.807) is 6.20 Å². The summed E-state index contributed by atoms with van der Waals surface area (Å²) in [5.41, 5.74) is 7.81. The first-order valence-corrected chi connectivity index (χ1v) is 6.94. The molecule has 0 radical (unpaired) electrons. The highest BCUT2D eigenvalue weighted by Crippen LogP contribution is 2.27. The largest absolute Gasteiger partial charge is 0.389 e. The van der Waals surface area contributed by atoms with Crippen LogP contribution >= 0.6 is 12.2 Å². The van der Waals surface area contributed by atoms with Crippen molar-refractivity contribution >= 4 is 23.0 Å². The highest BCUT2D eigenvalue weighted by atomic mass is 32.1. The number of hydrogen-bond donors (Lipinski definition) is 2. The van der Waals surface area contributed by atoms with Gasteiger partial charge in [-0.15, -0.1) is 0 Å². The molecule has 1 aromatic rings. The molecule has 0 saturated heterocycles. The van der Waals surface area contributed by atoms with Crippen LogP contribution in [0.5, 0.6) is 0 Å². The minimum atomic E-state index is 0.0698. The van der Waals surface area contributed by atoms with E-state index < -0.39 is 0 Å². The van der Waals surface area contributed by atoms with Crippen molar-refractivity contribution in [1.82, 2.24) is 4.98 Å². The van der Waals surface area contributed by atoms with Crippen LogP contribution in [0.15, 0.2) is 12.3 Å². The lowest BCUT2D eigenvalue weighted by Gasteiger charge is -2.33. The summed E-state index contributed by atoms with van der Waals surface area (Å²) in [7, 11) is 0. The lowest BCUT2D eigenvalue weighted by molar-refractivity contribution is 0.419. The quantitative estimate of drug-likeness (QED) is 0.774. The summed E-state index contributed by atoms with van der Waals surface area (Å²) >= 11 is 5.13. The van der Waals surface area contributed by atoms with Crippen molar-refractivity contribution in [3.8, 4) is 0 Å². The predicted molar refractivity (Wildman–Crippen MR) is 82.1 cm³/mol. The number of aromatic nitrogens is 1. The van der Waals surface area contributed by atoms with E-state index in [0.29, 0.717) is 4.99 Å². The third-order valence-corrected chi connectivity index (χ3v) is 4.02. The van der Waals surface area contributed by atoms with Gasteiger partial charge in [-0.05, 0) is 37.8 Å². The first kappa shape index (κ1) is 14.9. The standard InChI is InChI=1S/C14H23N3S/c1-5-14(6-2,7-3)17-13-11(12(15)18)10(4)8-9-16-13/h8-9H,5-7H2,1-4H3,(H2,15,18)(H,16,17). The van der Waals surface area contributed by atoms with Crippen molar-refractivity contribution in [2.75, 3.05) is 5.32 Å². The van der Waals surface area contributed by atoms with E-state index in [4.69, 9.17) is 18.0 Å². The summed E-state index contributed by atoms with van der Waals surface area (Å²) in [4.78, 5) is 4.81. The molecule has 0 unspecified atom stereocenters. The van der Waals surface area contributed by atoms with E-state index >= 15 is 0 Å². The van der Waals surface area contributed by atoms with Gasteiger partial charge < -0.3 is 11.1 Å².